The lowest BCUT2D eigenvalue weighted by molar-refractivity contribution is -0.384. The first kappa shape index (κ1) is 19.6. The predicted molar refractivity (Wildman–Crippen MR) is 106 cm³/mol. The van der Waals surface area contributed by atoms with E-state index in [1.807, 2.05) is 4.90 Å². The Bertz CT molecular complexity index is 941. The van der Waals surface area contributed by atoms with Crippen LogP contribution < -0.4 is 10.2 Å². The van der Waals surface area contributed by atoms with Gasteiger partial charge in [0.2, 0.25) is 0 Å². The number of hydrogen-bond acceptors (Lipinski definition) is 5. The Morgan fingerprint density at radius 2 is 1.79 bits per heavy atom. The summed E-state index contributed by atoms with van der Waals surface area (Å²) in [5, 5.41) is 22.8. The minimum atomic E-state index is -1.17. The Labute approximate surface area is 165 Å². The molecule has 1 saturated heterocycles. The number of carbonyl (C=O) groups excluding carboxylic acids is 1. The molecule has 1 amide bonds. The van der Waals surface area contributed by atoms with Gasteiger partial charge in [0, 0.05) is 30.9 Å². The van der Waals surface area contributed by atoms with E-state index in [1.54, 1.807) is 6.07 Å². The molecular formula is C19H18ClN3O5. The quantitative estimate of drug-likeness (QED) is 0.571. The summed E-state index contributed by atoms with van der Waals surface area (Å²) in [4.78, 5) is 36.6. The molecule has 0 spiro atoms. The molecule has 2 aromatic rings. The van der Waals surface area contributed by atoms with Crippen molar-refractivity contribution in [1.82, 2.24) is 0 Å². The fourth-order valence-corrected chi connectivity index (χ4v) is 3.46. The molecule has 8 nitrogen and oxygen atoms in total. The number of halogens is 1. The molecule has 0 aromatic heterocycles. The molecule has 146 valence electrons. The van der Waals surface area contributed by atoms with Crippen molar-refractivity contribution in [2.75, 3.05) is 23.3 Å². The van der Waals surface area contributed by atoms with Crippen LogP contribution in [0.5, 0.6) is 0 Å². The zero-order valence-electron chi connectivity index (χ0n) is 14.9. The minimum absolute atomic E-state index is 0.0133. The van der Waals surface area contributed by atoms with Crippen molar-refractivity contribution >= 4 is 40.5 Å². The van der Waals surface area contributed by atoms with Gasteiger partial charge in [0.1, 0.15) is 0 Å². The van der Waals surface area contributed by atoms with Crippen LogP contribution in [-0.4, -0.2) is 35.0 Å². The summed E-state index contributed by atoms with van der Waals surface area (Å²) in [5.74, 6) is -1.70. The Balaban J connectivity index is 1.92. The molecule has 1 heterocycles. The third-order valence-corrected chi connectivity index (χ3v) is 4.90. The Hall–Kier alpha value is -3.13. The highest BCUT2D eigenvalue weighted by atomic mass is 35.5. The van der Waals surface area contributed by atoms with Crippen LogP contribution in [0.25, 0.3) is 0 Å². The zero-order valence-corrected chi connectivity index (χ0v) is 15.6. The smallest absolute Gasteiger partial charge is 0.337 e. The van der Waals surface area contributed by atoms with Crippen LogP contribution in [0.15, 0.2) is 36.4 Å². The number of piperidine rings is 1. The number of carboxylic acid groups (broad SMARTS) is 1. The number of hydrogen-bond donors (Lipinski definition) is 2. The number of non-ortho nitro benzene ring substituents is 1. The molecule has 0 bridgehead atoms. The molecule has 2 N–H and O–H groups in total. The van der Waals surface area contributed by atoms with E-state index in [2.05, 4.69) is 5.32 Å². The van der Waals surface area contributed by atoms with Gasteiger partial charge in [0.15, 0.2) is 0 Å². The van der Waals surface area contributed by atoms with Gasteiger partial charge in [-0.25, -0.2) is 4.79 Å². The van der Waals surface area contributed by atoms with Gasteiger partial charge >= 0.3 is 5.97 Å². The van der Waals surface area contributed by atoms with Crippen LogP contribution >= 0.6 is 11.6 Å². The minimum Gasteiger partial charge on any atom is -0.478 e. The number of carbonyl (C=O) groups is 2. The van der Waals surface area contributed by atoms with Gasteiger partial charge in [-0.1, -0.05) is 11.6 Å². The molecule has 0 saturated carbocycles. The lowest BCUT2D eigenvalue weighted by Gasteiger charge is -2.30. The number of aromatic carboxylic acids is 1. The van der Waals surface area contributed by atoms with Gasteiger partial charge in [-0.2, -0.15) is 0 Å². The molecule has 1 fully saturated rings. The fourth-order valence-electron chi connectivity index (χ4n) is 3.19. The van der Waals surface area contributed by atoms with Crippen LogP contribution in [0.4, 0.5) is 17.1 Å². The first-order valence-corrected chi connectivity index (χ1v) is 9.12. The number of nitro benzene ring substituents is 1. The number of rotatable bonds is 5. The standard InChI is InChI=1S/C19H18ClN3O5/c20-16-10-12(4-6-14(16)19(25)26)21-18(24)15-11-13(23(27)28)5-7-17(15)22-8-2-1-3-9-22/h4-7,10-11H,1-3,8-9H2,(H,21,24)(H,25,26). The second kappa shape index (κ2) is 8.26. The van der Waals surface area contributed by atoms with Gasteiger partial charge in [0.05, 0.1) is 26.8 Å². The molecular weight excluding hydrogens is 386 g/mol. The largest absolute Gasteiger partial charge is 0.478 e. The number of anilines is 2. The van der Waals surface area contributed by atoms with Crippen molar-refractivity contribution in [1.29, 1.82) is 0 Å². The topological polar surface area (TPSA) is 113 Å². The summed E-state index contributed by atoms with van der Waals surface area (Å²) in [6.07, 6.45) is 3.09. The third-order valence-electron chi connectivity index (χ3n) is 4.59. The summed E-state index contributed by atoms with van der Waals surface area (Å²) in [7, 11) is 0. The van der Waals surface area contributed by atoms with Crippen molar-refractivity contribution in [3.63, 3.8) is 0 Å². The average Bonchev–Trinajstić information content (AvgIpc) is 2.68. The number of nitrogens with zero attached hydrogens (tertiary/aromatic N) is 2. The highest BCUT2D eigenvalue weighted by Crippen LogP contribution is 2.29. The molecule has 2 aromatic carbocycles. The Kier molecular flexibility index (Phi) is 5.79. The molecule has 0 aliphatic carbocycles. The molecule has 0 radical (unpaired) electrons. The lowest BCUT2D eigenvalue weighted by atomic mass is 10.1. The van der Waals surface area contributed by atoms with Crippen molar-refractivity contribution in [3.8, 4) is 0 Å². The number of nitro groups is 1. The normalized spacial score (nSPS) is 13.8. The molecule has 28 heavy (non-hydrogen) atoms. The summed E-state index contributed by atoms with van der Waals surface area (Å²) < 4.78 is 0. The van der Waals surface area contributed by atoms with Crippen LogP contribution in [0.3, 0.4) is 0 Å². The highest BCUT2D eigenvalue weighted by Gasteiger charge is 2.22. The van der Waals surface area contributed by atoms with E-state index in [1.165, 1.54) is 30.3 Å². The van der Waals surface area contributed by atoms with Crippen molar-refractivity contribution in [2.45, 2.75) is 19.3 Å². The van der Waals surface area contributed by atoms with Gasteiger partial charge in [-0.05, 0) is 43.5 Å². The molecule has 9 heteroatoms. The van der Waals surface area contributed by atoms with E-state index in [-0.39, 0.29) is 21.8 Å². The van der Waals surface area contributed by atoms with E-state index in [9.17, 15) is 19.7 Å². The second-order valence-corrected chi connectivity index (χ2v) is 6.87. The van der Waals surface area contributed by atoms with Crippen molar-refractivity contribution in [2.24, 2.45) is 0 Å². The summed E-state index contributed by atoms with van der Waals surface area (Å²) in [6.45, 7) is 1.55. The maximum absolute atomic E-state index is 12.9. The molecule has 1 aliphatic heterocycles. The third kappa shape index (κ3) is 4.23. The van der Waals surface area contributed by atoms with Crippen LogP contribution in [-0.2, 0) is 0 Å². The first-order valence-electron chi connectivity index (χ1n) is 8.74. The number of nitrogens with one attached hydrogen (secondary N) is 1. The van der Waals surface area contributed by atoms with Gasteiger partial charge in [-0.3, -0.25) is 14.9 Å². The van der Waals surface area contributed by atoms with Crippen molar-refractivity contribution in [3.05, 3.63) is 62.7 Å². The monoisotopic (exact) mass is 403 g/mol. The molecule has 1 aliphatic rings. The Morgan fingerprint density at radius 1 is 1.07 bits per heavy atom. The van der Waals surface area contributed by atoms with Gasteiger partial charge in [-0.15, -0.1) is 0 Å². The molecule has 0 unspecified atom stereocenters. The number of carboxylic acids is 1. The molecule has 3 rings (SSSR count). The average molecular weight is 404 g/mol. The van der Waals surface area contributed by atoms with Gasteiger partial charge < -0.3 is 15.3 Å². The van der Waals surface area contributed by atoms with E-state index in [4.69, 9.17) is 16.7 Å². The fraction of sp³-hybridized carbons (Fsp3) is 0.263. The SMILES string of the molecule is O=C(O)c1ccc(NC(=O)c2cc([N+](=O)[O-])ccc2N2CCCCC2)cc1Cl. The highest BCUT2D eigenvalue weighted by molar-refractivity contribution is 6.33. The predicted octanol–water partition coefficient (Wildman–Crippen LogP) is 4.19. The zero-order chi connectivity index (χ0) is 20.3. The Morgan fingerprint density at radius 3 is 2.39 bits per heavy atom. The second-order valence-electron chi connectivity index (χ2n) is 6.46. The van der Waals surface area contributed by atoms with Crippen LogP contribution in [0.1, 0.15) is 40.0 Å². The number of benzene rings is 2. The maximum Gasteiger partial charge on any atom is 0.337 e. The molecule has 0 atom stereocenters. The summed E-state index contributed by atoms with van der Waals surface area (Å²) in [5.41, 5.74) is 0.871. The van der Waals surface area contributed by atoms with E-state index < -0.39 is 16.8 Å². The summed E-state index contributed by atoms with van der Waals surface area (Å²) >= 11 is 5.94. The van der Waals surface area contributed by atoms with Crippen LogP contribution in [0, 0.1) is 10.1 Å². The number of amides is 1. The van der Waals surface area contributed by atoms with Crippen LogP contribution in [0.2, 0.25) is 5.02 Å². The van der Waals surface area contributed by atoms with E-state index >= 15 is 0 Å². The first-order chi connectivity index (χ1) is 13.4. The summed E-state index contributed by atoms with van der Waals surface area (Å²) in [6, 6.07) is 8.29. The van der Waals surface area contributed by atoms with E-state index in [0.717, 1.165) is 32.4 Å². The van der Waals surface area contributed by atoms with Gasteiger partial charge in [0.25, 0.3) is 11.6 Å². The lowest BCUT2D eigenvalue weighted by Crippen LogP contribution is -2.31. The van der Waals surface area contributed by atoms with Crippen molar-refractivity contribution < 1.29 is 19.6 Å². The van der Waals surface area contributed by atoms with E-state index in [0.29, 0.717) is 11.4 Å². The maximum atomic E-state index is 12.9.